The van der Waals surface area contributed by atoms with E-state index in [0.29, 0.717) is 5.49 Å². The molecule has 24 heavy (non-hydrogen) atoms. The van der Waals surface area contributed by atoms with Crippen LogP contribution in [0.5, 0.6) is 5.75 Å². The molecule has 0 atom stereocenters. The molecule has 124 valence electrons. The fourth-order valence-electron chi connectivity index (χ4n) is 3.01. The lowest BCUT2D eigenvalue weighted by Gasteiger charge is -2.11. The van der Waals surface area contributed by atoms with Gasteiger partial charge in [0.2, 0.25) is 0 Å². The molecule has 0 unspecified atom stereocenters. The van der Waals surface area contributed by atoms with E-state index in [1.807, 2.05) is 35.8 Å². The predicted octanol–water partition coefficient (Wildman–Crippen LogP) is 3.18. The second kappa shape index (κ2) is 6.35. The lowest BCUT2D eigenvalue weighted by molar-refractivity contribution is 0.414. The Bertz CT molecular complexity index is 979. The zero-order chi connectivity index (χ0) is 17.3. The van der Waals surface area contributed by atoms with Gasteiger partial charge in [-0.15, -0.1) is 0 Å². The summed E-state index contributed by atoms with van der Waals surface area (Å²) >= 11 is 0. The number of nitrogens with one attached hydrogen (secondary N) is 1. The lowest BCUT2D eigenvalue weighted by Crippen LogP contribution is -2.24. The number of nitrogens with zero attached hydrogens (tertiary/aromatic N) is 3. The highest BCUT2D eigenvalue weighted by molar-refractivity contribution is 5.92. The number of rotatable bonds is 3. The third-order valence-corrected chi connectivity index (χ3v) is 4.33. The zero-order valence-corrected chi connectivity index (χ0v) is 14.5. The molecule has 2 heterocycles. The SMILES string of the molecule is CN=C(C)n1c(=N)ccc2c1cc(C)n2Cc1cccc(OC)c1. The molecule has 0 aliphatic carbocycles. The minimum atomic E-state index is 0.434. The van der Waals surface area contributed by atoms with Crippen LogP contribution in [0.3, 0.4) is 0 Å². The highest BCUT2D eigenvalue weighted by Crippen LogP contribution is 2.21. The van der Waals surface area contributed by atoms with Gasteiger partial charge in [-0.3, -0.25) is 15.0 Å². The van der Waals surface area contributed by atoms with Gasteiger partial charge in [0.15, 0.2) is 0 Å². The summed E-state index contributed by atoms with van der Waals surface area (Å²) in [6.45, 7) is 4.77. The number of aryl methyl sites for hydroxylation is 1. The largest absolute Gasteiger partial charge is 0.497 e. The van der Waals surface area contributed by atoms with Crippen molar-refractivity contribution in [2.75, 3.05) is 14.2 Å². The van der Waals surface area contributed by atoms with Gasteiger partial charge in [0.25, 0.3) is 0 Å². The highest BCUT2D eigenvalue weighted by atomic mass is 16.5. The van der Waals surface area contributed by atoms with Crippen molar-refractivity contribution in [2.24, 2.45) is 4.99 Å². The van der Waals surface area contributed by atoms with Crippen LogP contribution in [0.15, 0.2) is 47.5 Å². The first kappa shape index (κ1) is 16.1. The summed E-state index contributed by atoms with van der Waals surface area (Å²) in [7, 11) is 3.43. The molecule has 5 heteroatoms. The molecule has 1 N–H and O–H groups in total. The Balaban J connectivity index is 2.16. The molecular formula is C19H22N4O. The fourth-order valence-corrected chi connectivity index (χ4v) is 3.01. The summed E-state index contributed by atoms with van der Waals surface area (Å²) in [5, 5.41) is 8.20. The van der Waals surface area contributed by atoms with Crippen molar-refractivity contribution >= 4 is 16.9 Å². The molecule has 0 amide bonds. The monoisotopic (exact) mass is 322 g/mol. The van der Waals surface area contributed by atoms with E-state index in [9.17, 15) is 0 Å². The second-order valence-corrected chi connectivity index (χ2v) is 5.82. The topological polar surface area (TPSA) is 55.3 Å². The number of hydrogen-bond acceptors (Lipinski definition) is 3. The Morgan fingerprint density at radius 3 is 2.67 bits per heavy atom. The lowest BCUT2D eigenvalue weighted by atomic mass is 10.2. The third-order valence-electron chi connectivity index (χ3n) is 4.33. The minimum Gasteiger partial charge on any atom is -0.497 e. The van der Waals surface area contributed by atoms with Crippen LogP contribution in [-0.4, -0.2) is 29.1 Å². The first-order valence-corrected chi connectivity index (χ1v) is 7.88. The third kappa shape index (κ3) is 2.73. The first-order valence-electron chi connectivity index (χ1n) is 7.88. The molecule has 0 saturated heterocycles. The fraction of sp³-hybridized carbons (Fsp3) is 0.263. The van der Waals surface area contributed by atoms with Gasteiger partial charge in [-0.05, 0) is 49.7 Å². The number of methoxy groups -OCH3 is 1. The van der Waals surface area contributed by atoms with Crippen molar-refractivity contribution in [1.82, 2.24) is 9.13 Å². The quantitative estimate of drug-likeness (QED) is 0.584. The molecule has 2 aromatic heterocycles. The van der Waals surface area contributed by atoms with Crippen LogP contribution in [0.1, 0.15) is 18.2 Å². The maximum Gasteiger partial charge on any atom is 0.130 e. The Kier molecular flexibility index (Phi) is 4.25. The summed E-state index contributed by atoms with van der Waals surface area (Å²) in [5.74, 6) is 1.67. The van der Waals surface area contributed by atoms with Gasteiger partial charge in [-0.2, -0.15) is 0 Å². The Hall–Kier alpha value is -2.82. The molecule has 0 fully saturated rings. The van der Waals surface area contributed by atoms with E-state index in [1.54, 1.807) is 14.2 Å². The summed E-state index contributed by atoms with van der Waals surface area (Å²) in [6.07, 6.45) is 0. The van der Waals surface area contributed by atoms with Gasteiger partial charge >= 0.3 is 0 Å². The van der Waals surface area contributed by atoms with Crippen LogP contribution < -0.4 is 10.2 Å². The molecule has 3 rings (SSSR count). The molecule has 3 aromatic rings. The summed E-state index contributed by atoms with van der Waals surface area (Å²) in [5.41, 5.74) is 4.86. The van der Waals surface area contributed by atoms with Gasteiger partial charge < -0.3 is 9.30 Å². The summed E-state index contributed by atoms with van der Waals surface area (Å²) < 4.78 is 9.45. The van der Waals surface area contributed by atoms with Gasteiger partial charge in [-0.25, -0.2) is 0 Å². The van der Waals surface area contributed by atoms with Crippen LogP contribution in [0.4, 0.5) is 0 Å². The Morgan fingerprint density at radius 2 is 1.96 bits per heavy atom. The number of aliphatic imine (C=N–C) groups is 1. The van der Waals surface area contributed by atoms with Crippen LogP contribution >= 0.6 is 0 Å². The van der Waals surface area contributed by atoms with E-state index in [2.05, 4.69) is 34.7 Å². The van der Waals surface area contributed by atoms with Crippen molar-refractivity contribution in [1.29, 1.82) is 5.41 Å². The number of hydrogen-bond donors (Lipinski definition) is 1. The summed E-state index contributed by atoms with van der Waals surface area (Å²) in [4.78, 5) is 4.25. The zero-order valence-electron chi connectivity index (χ0n) is 14.5. The number of ether oxygens (including phenoxy) is 1. The molecule has 0 aliphatic rings. The number of pyridine rings is 1. The van der Waals surface area contributed by atoms with E-state index >= 15 is 0 Å². The number of aromatic nitrogens is 2. The van der Waals surface area contributed by atoms with Crippen molar-refractivity contribution in [3.8, 4) is 5.75 Å². The highest BCUT2D eigenvalue weighted by Gasteiger charge is 2.11. The van der Waals surface area contributed by atoms with Crippen molar-refractivity contribution in [2.45, 2.75) is 20.4 Å². The normalized spacial score (nSPS) is 11.9. The van der Waals surface area contributed by atoms with Crippen molar-refractivity contribution < 1.29 is 4.74 Å². The second-order valence-electron chi connectivity index (χ2n) is 5.82. The van der Waals surface area contributed by atoms with Crippen LogP contribution in [0, 0.1) is 12.3 Å². The molecule has 0 saturated carbocycles. The number of benzene rings is 1. The smallest absolute Gasteiger partial charge is 0.130 e. The van der Waals surface area contributed by atoms with E-state index in [4.69, 9.17) is 10.1 Å². The Morgan fingerprint density at radius 1 is 1.17 bits per heavy atom. The Labute approximate surface area is 141 Å². The van der Waals surface area contributed by atoms with Gasteiger partial charge in [-0.1, -0.05) is 12.1 Å². The van der Waals surface area contributed by atoms with E-state index in [1.165, 1.54) is 5.56 Å². The van der Waals surface area contributed by atoms with E-state index in [-0.39, 0.29) is 0 Å². The maximum absolute atomic E-state index is 8.20. The molecule has 0 bridgehead atoms. The predicted molar refractivity (Wildman–Crippen MR) is 97.0 cm³/mol. The first-order chi connectivity index (χ1) is 11.5. The van der Waals surface area contributed by atoms with E-state index in [0.717, 1.165) is 34.9 Å². The maximum atomic E-state index is 8.20. The number of fused-ring (bicyclic) bond motifs is 1. The molecule has 0 spiro atoms. The van der Waals surface area contributed by atoms with Gasteiger partial charge in [0.1, 0.15) is 17.1 Å². The molecular weight excluding hydrogens is 300 g/mol. The van der Waals surface area contributed by atoms with Gasteiger partial charge in [0.05, 0.1) is 18.1 Å². The van der Waals surface area contributed by atoms with Crippen LogP contribution in [0.2, 0.25) is 0 Å². The minimum absolute atomic E-state index is 0.434. The van der Waals surface area contributed by atoms with Crippen LogP contribution in [-0.2, 0) is 6.54 Å². The molecule has 0 aliphatic heterocycles. The standard InChI is InChI=1S/C19H22N4O/c1-13-10-18-17(8-9-19(20)23(18)14(2)21-3)22(13)12-15-6-5-7-16(11-15)24-4/h5-11,20H,12H2,1-4H3. The van der Waals surface area contributed by atoms with Gasteiger partial charge in [0, 0.05) is 19.3 Å². The van der Waals surface area contributed by atoms with E-state index < -0.39 is 0 Å². The average Bonchev–Trinajstić information content (AvgIpc) is 2.90. The van der Waals surface area contributed by atoms with Crippen molar-refractivity contribution in [3.05, 3.63) is 59.2 Å². The van der Waals surface area contributed by atoms with Crippen LogP contribution in [0.25, 0.3) is 11.0 Å². The molecule has 5 nitrogen and oxygen atoms in total. The molecule has 0 radical (unpaired) electrons. The summed E-state index contributed by atoms with van der Waals surface area (Å²) in [6, 6.07) is 14.0. The molecule has 1 aromatic carbocycles. The van der Waals surface area contributed by atoms with Crippen molar-refractivity contribution in [3.63, 3.8) is 0 Å². The average molecular weight is 322 g/mol.